The Morgan fingerprint density at radius 2 is 2.08 bits per heavy atom. The molecule has 0 spiro atoms. The second-order valence-corrected chi connectivity index (χ2v) is 4.32. The summed E-state index contributed by atoms with van der Waals surface area (Å²) in [6.45, 7) is 2.19. The van der Waals surface area contributed by atoms with E-state index in [-0.39, 0.29) is 0 Å². The summed E-state index contributed by atoms with van der Waals surface area (Å²) in [4.78, 5) is 0. The molecule has 13 heavy (non-hydrogen) atoms. The maximum atomic E-state index is 5.93. The molecule has 0 saturated carbocycles. The van der Waals surface area contributed by atoms with Crippen LogP contribution >= 0.6 is 27.5 Å². The van der Waals surface area contributed by atoms with Gasteiger partial charge < -0.3 is 0 Å². The lowest BCUT2D eigenvalue weighted by molar-refractivity contribution is 0.668. The molecule has 0 heterocycles. The first-order valence-corrected chi connectivity index (χ1v) is 5.92. The number of hydrogen-bond donors (Lipinski definition) is 0. The monoisotopic (exact) mass is 260 g/mol. The fraction of sp³-hybridized carbons (Fsp3) is 0.455. The zero-order valence-corrected chi connectivity index (χ0v) is 10.1. The van der Waals surface area contributed by atoms with E-state index >= 15 is 0 Å². The van der Waals surface area contributed by atoms with Crippen molar-refractivity contribution in [1.29, 1.82) is 0 Å². The molecule has 0 aromatic heterocycles. The average Bonchev–Trinajstić information content (AvgIpc) is 2.16. The molecule has 1 unspecified atom stereocenters. The molecule has 1 atom stereocenters. The summed E-state index contributed by atoms with van der Waals surface area (Å²) >= 11 is 9.48. The van der Waals surface area contributed by atoms with Gasteiger partial charge in [0.15, 0.2) is 0 Å². The van der Waals surface area contributed by atoms with Crippen molar-refractivity contribution in [2.45, 2.75) is 25.7 Å². The highest BCUT2D eigenvalue weighted by Gasteiger charge is 2.11. The van der Waals surface area contributed by atoms with Crippen LogP contribution in [0.1, 0.15) is 31.2 Å². The van der Waals surface area contributed by atoms with Gasteiger partial charge in [0.1, 0.15) is 0 Å². The summed E-state index contributed by atoms with van der Waals surface area (Å²) in [5.41, 5.74) is 1.33. The molecule has 1 rings (SSSR count). The predicted octanol–water partition coefficient (Wildman–Crippen LogP) is 4.57. The van der Waals surface area contributed by atoms with Gasteiger partial charge in [-0.3, -0.25) is 0 Å². The highest BCUT2D eigenvalue weighted by molar-refractivity contribution is 9.10. The van der Waals surface area contributed by atoms with Crippen molar-refractivity contribution < 1.29 is 0 Å². The smallest absolute Gasteiger partial charge is 0.0292 e. The van der Waals surface area contributed by atoms with E-state index in [1.54, 1.807) is 0 Å². The van der Waals surface area contributed by atoms with Gasteiger partial charge in [0.25, 0.3) is 0 Å². The van der Waals surface area contributed by atoms with Gasteiger partial charge in [-0.2, -0.15) is 0 Å². The van der Waals surface area contributed by atoms with Crippen LogP contribution in [0.25, 0.3) is 0 Å². The van der Waals surface area contributed by atoms with Gasteiger partial charge in [-0.05, 0) is 24.0 Å². The second kappa shape index (κ2) is 5.66. The quantitative estimate of drug-likeness (QED) is 0.697. The van der Waals surface area contributed by atoms with Crippen molar-refractivity contribution in [1.82, 2.24) is 0 Å². The Morgan fingerprint density at radius 1 is 1.38 bits per heavy atom. The number of alkyl halides is 1. The molecule has 1 aromatic rings. The van der Waals surface area contributed by atoms with Crippen LogP contribution < -0.4 is 0 Å². The Labute approximate surface area is 93.4 Å². The first kappa shape index (κ1) is 11.1. The lowest BCUT2D eigenvalue weighted by atomic mass is 9.97. The Balaban J connectivity index is 2.84. The maximum absolute atomic E-state index is 5.93. The molecule has 0 amide bonds. The lowest BCUT2D eigenvalue weighted by Crippen LogP contribution is -2.00. The van der Waals surface area contributed by atoms with Crippen LogP contribution in [0.3, 0.4) is 0 Å². The summed E-state index contributed by atoms with van der Waals surface area (Å²) in [7, 11) is 0. The molecule has 0 bridgehead atoms. The SMILES string of the molecule is CCCC(CCl)c1ccccc1Br. The molecule has 0 aliphatic heterocycles. The topological polar surface area (TPSA) is 0 Å². The average molecular weight is 262 g/mol. The van der Waals surface area contributed by atoms with Crippen LogP contribution in [0.4, 0.5) is 0 Å². The van der Waals surface area contributed by atoms with Crippen molar-refractivity contribution in [2.24, 2.45) is 0 Å². The molecular formula is C11H14BrCl. The number of hydrogen-bond acceptors (Lipinski definition) is 0. The third-order valence-corrected chi connectivity index (χ3v) is 3.26. The fourth-order valence-corrected chi connectivity index (χ4v) is 2.40. The van der Waals surface area contributed by atoms with Crippen LogP contribution in [0, 0.1) is 0 Å². The molecule has 0 N–H and O–H groups in total. The van der Waals surface area contributed by atoms with Crippen LogP contribution in [0.5, 0.6) is 0 Å². The summed E-state index contributed by atoms with van der Waals surface area (Å²) in [5.74, 6) is 1.19. The Morgan fingerprint density at radius 3 is 2.62 bits per heavy atom. The molecule has 2 heteroatoms. The number of rotatable bonds is 4. The predicted molar refractivity (Wildman–Crippen MR) is 62.5 cm³/mol. The number of halogens is 2. The normalized spacial score (nSPS) is 12.8. The molecule has 0 saturated heterocycles. The van der Waals surface area contributed by atoms with Crippen molar-refractivity contribution in [3.63, 3.8) is 0 Å². The van der Waals surface area contributed by atoms with E-state index in [4.69, 9.17) is 11.6 Å². The first-order valence-electron chi connectivity index (χ1n) is 4.60. The summed E-state index contributed by atoms with van der Waals surface area (Å²) in [6.07, 6.45) is 2.34. The van der Waals surface area contributed by atoms with Crippen LogP contribution in [0.15, 0.2) is 28.7 Å². The van der Waals surface area contributed by atoms with Gasteiger partial charge in [-0.1, -0.05) is 47.5 Å². The Kier molecular flexibility index (Phi) is 4.82. The van der Waals surface area contributed by atoms with Gasteiger partial charge in [0, 0.05) is 10.4 Å². The molecule has 0 aliphatic carbocycles. The number of benzene rings is 1. The molecule has 72 valence electrons. The second-order valence-electron chi connectivity index (χ2n) is 3.16. The van der Waals surface area contributed by atoms with Gasteiger partial charge in [-0.15, -0.1) is 11.6 Å². The van der Waals surface area contributed by atoms with Gasteiger partial charge in [0.2, 0.25) is 0 Å². The Bertz CT molecular complexity index is 260. The minimum atomic E-state index is 0.488. The van der Waals surface area contributed by atoms with E-state index in [2.05, 4.69) is 41.1 Å². The van der Waals surface area contributed by atoms with Gasteiger partial charge in [0.05, 0.1) is 0 Å². The van der Waals surface area contributed by atoms with Gasteiger partial charge >= 0.3 is 0 Å². The minimum absolute atomic E-state index is 0.488. The zero-order chi connectivity index (χ0) is 9.68. The van der Waals surface area contributed by atoms with E-state index in [9.17, 15) is 0 Å². The zero-order valence-electron chi connectivity index (χ0n) is 7.76. The molecule has 0 radical (unpaired) electrons. The molecular weight excluding hydrogens is 247 g/mol. The van der Waals surface area contributed by atoms with E-state index < -0.39 is 0 Å². The van der Waals surface area contributed by atoms with Crippen molar-refractivity contribution in [3.05, 3.63) is 34.3 Å². The first-order chi connectivity index (χ1) is 6.29. The summed E-state index contributed by atoms with van der Waals surface area (Å²) < 4.78 is 1.18. The standard InChI is InChI=1S/C11H14BrCl/c1-2-5-9(8-13)10-6-3-4-7-11(10)12/h3-4,6-7,9H,2,5,8H2,1H3. The molecule has 0 nitrogen and oxygen atoms in total. The highest BCUT2D eigenvalue weighted by atomic mass is 79.9. The van der Waals surface area contributed by atoms with Crippen LogP contribution in [0.2, 0.25) is 0 Å². The van der Waals surface area contributed by atoms with Crippen molar-refractivity contribution in [2.75, 3.05) is 5.88 Å². The summed E-state index contributed by atoms with van der Waals surface area (Å²) in [6, 6.07) is 8.32. The molecule has 0 fully saturated rings. The van der Waals surface area contributed by atoms with Gasteiger partial charge in [-0.25, -0.2) is 0 Å². The van der Waals surface area contributed by atoms with E-state index in [0.29, 0.717) is 11.8 Å². The Hall–Kier alpha value is -0.0100. The van der Waals surface area contributed by atoms with E-state index in [1.807, 2.05) is 6.07 Å². The summed E-state index contributed by atoms with van der Waals surface area (Å²) in [5, 5.41) is 0. The van der Waals surface area contributed by atoms with Crippen LogP contribution in [-0.4, -0.2) is 5.88 Å². The third-order valence-electron chi connectivity index (χ3n) is 2.17. The third kappa shape index (κ3) is 2.99. The van der Waals surface area contributed by atoms with Crippen LogP contribution in [-0.2, 0) is 0 Å². The minimum Gasteiger partial charge on any atom is -0.126 e. The molecule has 0 aliphatic rings. The highest BCUT2D eigenvalue weighted by Crippen LogP contribution is 2.28. The van der Waals surface area contributed by atoms with Crippen molar-refractivity contribution >= 4 is 27.5 Å². The largest absolute Gasteiger partial charge is 0.126 e. The lowest BCUT2D eigenvalue weighted by Gasteiger charge is -2.14. The van der Waals surface area contributed by atoms with E-state index in [1.165, 1.54) is 16.5 Å². The maximum Gasteiger partial charge on any atom is 0.0292 e. The fourth-order valence-electron chi connectivity index (χ4n) is 1.47. The van der Waals surface area contributed by atoms with E-state index in [0.717, 1.165) is 6.42 Å². The van der Waals surface area contributed by atoms with Crippen molar-refractivity contribution in [3.8, 4) is 0 Å². The molecule has 1 aromatic carbocycles.